The molecule has 2 aromatic rings. The van der Waals surface area contributed by atoms with Crippen LogP contribution in [0.1, 0.15) is 42.8 Å². The van der Waals surface area contributed by atoms with Gasteiger partial charge in [-0.1, -0.05) is 23.7 Å². The maximum atomic E-state index is 10.5. The number of benzene rings is 1. The summed E-state index contributed by atoms with van der Waals surface area (Å²) in [5.41, 5.74) is 0.828. The zero-order chi connectivity index (χ0) is 16.2. The van der Waals surface area contributed by atoms with Crippen molar-refractivity contribution in [3.8, 4) is 0 Å². The summed E-state index contributed by atoms with van der Waals surface area (Å²) < 4.78 is 5.27. The lowest BCUT2D eigenvalue weighted by Crippen LogP contribution is -2.34. The highest BCUT2D eigenvalue weighted by Crippen LogP contribution is 2.29. The number of aliphatic hydroxyl groups excluding tert-OH is 2. The molecule has 5 heteroatoms. The molecule has 0 bridgehead atoms. The van der Waals surface area contributed by atoms with Gasteiger partial charge in [0.1, 0.15) is 11.9 Å². The first-order valence-corrected chi connectivity index (χ1v) is 8.40. The predicted octanol–water partition coefficient (Wildman–Crippen LogP) is 3.55. The second-order valence-corrected chi connectivity index (χ2v) is 6.57. The maximum Gasteiger partial charge on any atom is 0.132 e. The fourth-order valence-electron chi connectivity index (χ4n) is 3.30. The second-order valence-electron chi connectivity index (χ2n) is 6.13. The van der Waals surface area contributed by atoms with Crippen molar-refractivity contribution in [1.29, 1.82) is 0 Å². The fourth-order valence-corrected chi connectivity index (χ4v) is 3.50. The van der Waals surface area contributed by atoms with Crippen LogP contribution < -0.4 is 0 Å². The molecule has 3 unspecified atom stereocenters. The molecule has 1 aliphatic rings. The summed E-state index contributed by atoms with van der Waals surface area (Å²) in [6.07, 6.45) is 3.13. The van der Waals surface area contributed by atoms with E-state index < -0.39 is 12.2 Å². The summed E-state index contributed by atoms with van der Waals surface area (Å²) in [6.45, 7) is 1.49. The van der Waals surface area contributed by atoms with Crippen molar-refractivity contribution < 1.29 is 14.6 Å². The molecule has 23 heavy (non-hydrogen) atoms. The predicted molar refractivity (Wildman–Crippen MR) is 89.3 cm³/mol. The Morgan fingerprint density at radius 3 is 2.83 bits per heavy atom. The van der Waals surface area contributed by atoms with Gasteiger partial charge in [-0.15, -0.1) is 0 Å². The van der Waals surface area contributed by atoms with Gasteiger partial charge in [0, 0.05) is 17.6 Å². The topological polar surface area (TPSA) is 56.8 Å². The van der Waals surface area contributed by atoms with Crippen LogP contribution in [0.4, 0.5) is 0 Å². The molecule has 124 valence electrons. The summed E-state index contributed by atoms with van der Waals surface area (Å²) in [5.74, 6) is 0.604. The van der Waals surface area contributed by atoms with Gasteiger partial charge < -0.3 is 14.6 Å². The third kappa shape index (κ3) is 4.15. The molecular weight excluding hydrogens is 314 g/mol. The monoisotopic (exact) mass is 335 g/mol. The second kappa shape index (κ2) is 7.49. The molecule has 1 aliphatic heterocycles. The lowest BCUT2D eigenvalue weighted by atomic mass is 10.0. The van der Waals surface area contributed by atoms with Crippen molar-refractivity contribution >= 4 is 11.6 Å². The van der Waals surface area contributed by atoms with Crippen molar-refractivity contribution in [1.82, 2.24) is 4.90 Å². The van der Waals surface area contributed by atoms with E-state index in [1.54, 1.807) is 30.5 Å². The Bertz CT molecular complexity index is 616. The molecule has 0 spiro atoms. The first kappa shape index (κ1) is 16.5. The van der Waals surface area contributed by atoms with E-state index in [0.29, 0.717) is 23.7 Å². The van der Waals surface area contributed by atoms with Crippen LogP contribution in [0.25, 0.3) is 0 Å². The maximum absolute atomic E-state index is 10.5. The largest absolute Gasteiger partial charge is 0.467 e. The van der Waals surface area contributed by atoms with Crippen molar-refractivity contribution in [3.05, 3.63) is 59.0 Å². The van der Waals surface area contributed by atoms with Crippen LogP contribution in [-0.2, 0) is 0 Å². The van der Waals surface area contributed by atoms with Gasteiger partial charge in [-0.3, -0.25) is 4.90 Å². The van der Waals surface area contributed by atoms with E-state index in [0.717, 1.165) is 24.9 Å². The number of likely N-dealkylation sites (tertiary alicyclic amines) is 1. The first-order valence-electron chi connectivity index (χ1n) is 8.02. The van der Waals surface area contributed by atoms with E-state index in [9.17, 15) is 10.2 Å². The van der Waals surface area contributed by atoms with Crippen LogP contribution in [0.5, 0.6) is 0 Å². The molecule has 0 radical (unpaired) electrons. The lowest BCUT2D eigenvalue weighted by Gasteiger charge is -2.28. The molecule has 0 aliphatic carbocycles. The summed E-state index contributed by atoms with van der Waals surface area (Å²) in [4.78, 5) is 2.25. The van der Waals surface area contributed by atoms with Crippen molar-refractivity contribution in [2.24, 2.45) is 0 Å². The summed E-state index contributed by atoms with van der Waals surface area (Å²) >= 11 is 5.99. The molecular formula is C18H22ClNO3. The molecule has 2 N–H and O–H groups in total. The van der Waals surface area contributed by atoms with Crippen molar-refractivity contribution in [2.45, 2.75) is 37.5 Å². The third-order valence-electron chi connectivity index (χ3n) is 4.51. The van der Waals surface area contributed by atoms with Gasteiger partial charge in [0.05, 0.1) is 12.4 Å². The SMILES string of the molecule is OC(CN1CCCC1CC(O)c1ccco1)c1cccc(Cl)c1. The normalized spacial score (nSPS) is 21.4. The van der Waals surface area contributed by atoms with Crippen molar-refractivity contribution in [3.63, 3.8) is 0 Å². The van der Waals surface area contributed by atoms with E-state index in [4.69, 9.17) is 16.0 Å². The highest BCUT2D eigenvalue weighted by molar-refractivity contribution is 6.30. The standard InChI is InChI=1S/C18H22ClNO3/c19-14-5-1-4-13(10-14)17(22)12-20-8-2-6-15(20)11-16(21)18-7-3-9-23-18/h1,3-5,7,9-10,15-17,21-22H,2,6,8,11-12H2. The minimum Gasteiger partial charge on any atom is -0.467 e. The number of β-amino-alcohol motifs (C(OH)–C–C–N with tert-alkyl or cyclic N) is 1. The Hall–Kier alpha value is -1.33. The van der Waals surface area contributed by atoms with Gasteiger partial charge in [-0.05, 0) is 55.6 Å². The zero-order valence-electron chi connectivity index (χ0n) is 12.9. The first-order chi connectivity index (χ1) is 11.1. The number of hydrogen-bond acceptors (Lipinski definition) is 4. The van der Waals surface area contributed by atoms with Gasteiger partial charge in [0.2, 0.25) is 0 Å². The highest BCUT2D eigenvalue weighted by atomic mass is 35.5. The highest BCUT2D eigenvalue weighted by Gasteiger charge is 2.29. The summed E-state index contributed by atoms with van der Waals surface area (Å²) in [7, 11) is 0. The Labute approximate surface area is 141 Å². The van der Waals surface area contributed by atoms with Crippen LogP contribution in [-0.4, -0.2) is 34.2 Å². The Morgan fingerprint density at radius 1 is 1.22 bits per heavy atom. The van der Waals surface area contributed by atoms with Gasteiger partial charge in [0.15, 0.2) is 0 Å². The zero-order valence-corrected chi connectivity index (χ0v) is 13.7. The van der Waals surface area contributed by atoms with Crippen LogP contribution in [0.3, 0.4) is 0 Å². The van der Waals surface area contributed by atoms with Gasteiger partial charge in [-0.2, -0.15) is 0 Å². The molecule has 3 atom stereocenters. The number of aliphatic hydroxyl groups is 2. The molecule has 1 fully saturated rings. The molecule has 1 aromatic carbocycles. The molecule has 4 nitrogen and oxygen atoms in total. The molecule has 1 aromatic heterocycles. The molecule has 0 saturated carbocycles. The van der Waals surface area contributed by atoms with E-state index in [-0.39, 0.29) is 6.04 Å². The van der Waals surface area contributed by atoms with Crippen LogP contribution in [0.2, 0.25) is 5.02 Å². The quantitative estimate of drug-likeness (QED) is 0.847. The number of halogens is 1. The minimum absolute atomic E-state index is 0.254. The van der Waals surface area contributed by atoms with Crippen LogP contribution >= 0.6 is 11.6 Å². The molecule has 1 saturated heterocycles. The fraction of sp³-hybridized carbons (Fsp3) is 0.444. The van der Waals surface area contributed by atoms with E-state index in [2.05, 4.69) is 4.90 Å². The Balaban J connectivity index is 1.60. The number of hydrogen-bond donors (Lipinski definition) is 2. The van der Waals surface area contributed by atoms with E-state index in [1.165, 1.54) is 0 Å². The average Bonchev–Trinajstić information content (AvgIpc) is 3.19. The van der Waals surface area contributed by atoms with Crippen LogP contribution in [0.15, 0.2) is 47.1 Å². The van der Waals surface area contributed by atoms with Gasteiger partial charge in [-0.25, -0.2) is 0 Å². The van der Waals surface area contributed by atoms with Gasteiger partial charge >= 0.3 is 0 Å². The minimum atomic E-state index is -0.598. The smallest absolute Gasteiger partial charge is 0.132 e. The Morgan fingerprint density at radius 2 is 2.09 bits per heavy atom. The van der Waals surface area contributed by atoms with E-state index >= 15 is 0 Å². The number of nitrogens with zero attached hydrogens (tertiary/aromatic N) is 1. The van der Waals surface area contributed by atoms with Crippen LogP contribution in [0, 0.1) is 0 Å². The number of furan rings is 1. The molecule has 2 heterocycles. The molecule has 0 amide bonds. The molecule has 3 rings (SSSR count). The van der Waals surface area contributed by atoms with Gasteiger partial charge in [0.25, 0.3) is 0 Å². The van der Waals surface area contributed by atoms with E-state index in [1.807, 2.05) is 12.1 Å². The third-order valence-corrected chi connectivity index (χ3v) is 4.74. The summed E-state index contributed by atoms with van der Waals surface area (Å²) in [5, 5.41) is 21.4. The number of rotatable bonds is 6. The Kier molecular flexibility index (Phi) is 5.38. The average molecular weight is 336 g/mol. The van der Waals surface area contributed by atoms with Crippen molar-refractivity contribution in [2.75, 3.05) is 13.1 Å². The summed E-state index contributed by atoms with van der Waals surface area (Å²) in [6, 6.07) is 11.2. The lowest BCUT2D eigenvalue weighted by molar-refractivity contribution is 0.0708.